The summed E-state index contributed by atoms with van der Waals surface area (Å²) >= 11 is 0. The molecule has 2 N–H and O–H groups in total. The van der Waals surface area contributed by atoms with Gasteiger partial charge in [0, 0.05) is 22.5 Å². The van der Waals surface area contributed by atoms with Crippen molar-refractivity contribution in [3.63, 3.8) is 0 Å². The molecular formula is C25H25N3O5S. The largest absolute Gasteiger partial charge is 0.359 e. The summed E-state index contributed by atoms with van der Waals surface area (Å²) in [5.41, 5.74) is 3.99. The van der Waals surface area contributed by atoms with Gasteiger partial charge in [0.25, 0.3) is 11.8 Å². The van der Waals surface area contributed by atoms with Crippen molar-refractivity contribution in [1.82, 2.24) is 0 Å². The van der Waals surface area contributed by atoms with E-state index in [0.29, 0.717) is 33.8 Å². The first-order valence-corrected chi connectivity index (χ1v) is 12.3. The van der Waals surface area contributed by atoms with E-state index in [1.807, 2.05) is 19.1 Å². The summed E-state index contributed by atoms with van der Waals surface area (Å²) in [6.45, 7) is 3.74. The number of anilines is 3. The summed E-state index contributed by atoms with van der Waals surface area (Å²) in [6, 6.07) is 19.0. The van der Waals surface area contributed by atoms with E-state index < -0.39 is 10.0 Å². The van der Waals surface area contributed by atoms with Crippen LogP contribution in [0.15, 0.2) is 66.7 Å². The molecule has 0 spiro atoms. The van der Waals surface area contributed by atoms with Crippen molar-refractivity contribution >= 4 is 38.9 Å². The van der Waals surface area contributed by atoms with Crippen LogP contribution in [0.25, 0.3) is 0 Å². The number of carbonyl (C=O) groups is 2. The standard InChI is InChI=1S/C25H25N3O5S/c1-17-8-9-20(15-23(17)27-24(29)19-6-4-3-5-7-19)26-25(30)22-11-10-21(14-18(22)2)28-16-33-12-13-34(28,31)32/h3-11,14-15H,12-13,16H2,1-2H3,(H,26,30)(H,27,29). The minimum absolute atomic E-state index is 0.0475. The highest BCUT2D eigenvalue weighted by atomic mass is 32.2. The van der Waals surface area contributed by atoms with E-state index in [9.17, 15) is 18.0 Å². The lowest BCUT2D eigenvalue weighted by Crippen LogP contribution is -2.41. The first-order valence-electron chi connectivity index (χ1n) is 10.7. The van der Waals surface area contributed by atoms with Crippen molar-refractivity contribution in [3.8, 4) is 0 Å². The third-order valence-corrected chi connectivity index (χ3v) is 7.22. The van der Waals surface area contributed by atoms with Gasteiger partial charge in [-0.2, -0.15) is 0 Å². The maximum atomic E-state index is 12.9. The smallest absolute Gasteiger partial charge is 0.255 e. The lowest BCUT2D eigenvalue weighted by Gasteiger charge is -2.28. The van der Waals surface area contributed by atoms with Gasteiger partial charge in [-0.15, -0.1) is 0 Å². The van der Waals surface area contributed by atoms with E-state index in [0.717, 1.165) is 5.56 Å². The topological polar surface area (TPSA) is 105 Å². The summed E-state index contributed by atoms with van der Waals surface area (Å²) < 4.78 is 31.1. The molecule has 0 radical (unpaired) electrons. The molecule has 0 aromatic heterocycles. The van der Waals surface area contributed by atoms with E-state index in [1.165, 1.54) is 4.31 Å². The van der Waals surface area contributed by atoms with Gasteiger partial charge in [-0.1, -0.05) is 24.3 Å². The minimum Gasteiger partial charge on any atom is -0.359 e. The highest BCUT2D eigenvalue weighted by molar-refractivity contribution is 7.92. The summed E-state index contributed by atoms with van der Waals surface area (Å²) in [5, 5.41) is 5.73. The fraction of sp³-hybridized carbons (Fsp3) is 0.200. The second-order valence-electron chi connectivity index (χ2n) is 8.01. The number of aryl methyl sites for hydroxylation is 2. The van der Waals surface area contributed by atoms with Crippen LogP contribution in [0.1, 0.15) is 31.8 Å². The number of nitrogens with zero attached hydrogens (tertiary/aromatic N) is 1. The lowest BCUT2D eigenvalue weighted by molar-refractivity contribution is 0.101. The number of hydrogen-bond acceptors (Lipinski definition) is 5. The number of sulfonamides is 1. The number of amides is 2. The van der Waals surface area contributed by atoms with Crippen LogP contribution in [0.5, 0.6) is 0 Å². The fourth-order valence-corrected chi connectivity index (χ4v) is 4.83. The molecule has 0 atom stereocenters. The van der Waals surface area contributed by atoms with Crippen molar-refractivity contribution in [3.05, 3.63) is 89.0 Å². The molecule has 2 amide bonds. The van der Waals surface area contributed by atoms with E-state index in [4.69, 9.17) is 4.74 Å². The summed E-state index contributed by atoms with van der Waals surface area (Å²) in [4.78, 5) is 25.5. The average Bonchev–Trinajstić information content (AvgIpc) is 2.81. The molecule has 1 heterocycles. The van der Waals surface area contributed by atoms with Gasteiger partial charge in [-0.3, -0.25) is 9.59 Å². The molecule has 176 valence electrons. The number of nitrogens with one attached hydrogen (secondary N) is 2. The van der Waals surface area contributed by atoms with Crippen LogP contribution in [0, 0.1) is 13.8 Å². The van der Waals surface area contributed by atoms with Crippen LogP contribution in [-0.2, 0) is 14.8 Å². The Balaban J connectivity index is 1.50. The fourth-order valence-electron chi connectivity index (χ4n) is 3.61. The zero-order valence-electron chi connectivity index (χ0n) is 18.9. The van der Waals surface area contributed by atoms with Crippen molar-refractivity contribution in [2.24, 2.45) is 0 Å². The van der Waals surface area contributed by atoms with Crippen LogP contribution in [0.3, 0.4) is 0 Å². The van der Waals surface area contributed by atoms with Crippen molar-refractivity contribution in [2.45, 2.75) is 13.8 Å². The molecule has 0 unspecified atom stereocenters. The SMILES string of the molecule is Cc1ccc(NC(=O)c2ccc(N3COCCS3(=O)=O)cc2C)cc1NC(=O)c1ccccc1. The highest BCUT2D eigenvalue weighted by Crippen LogP contribution is 2.26. The monoisotopic (exact) mass is 479 g/mol. The van der Waals surface area contributed by atoms with Crippen LogP contribution < -0.4 is 14.9 Å². The van der Waals surface area contributed by atoms with Crippen LogP contribution in [0.2, 0.25) is 0 Å². The van der Waals surface area contributed by atoms with Gasteiger partial charge in [-0.25, -0.2) is 12.7 Å². The second-order valence-corrected chi connectivity index (χ2v) is 10.0. The molecule has 1 saturated heterocycles. The van der Waals surface area contributed by atoms with E-state index in [1.54, 1.807) is 61.5 Å². The van der Waals surface area contributed by atoms with Crippen LogP contribution in [0.4, 0.5) is 17.1 Å². The Morgan fingerprint density at radius 1 is 0.882 bits per heavy atom. The highest BCUT2D eigenvalue weighted by Gasteiger charge is 2.27. The van der Waals surface area contributed by atoms with Crippen molar-refractivity contribution in [2.75, 3.05) is 34.0 Å². The molecule has 0 aliphatic carbocycles. The van der Waals surface area contributed by atoms with Gasteiger partial charge in [0.05, 0.1) is 18.0 Å². The molecule has 1 aliphatic heterocycles. The first-order chi connectivity index (χ1) is 16.2. The molecule has 1 aliphatic rings. The minimum atomic E-state index is -3.44. The number of benzene rings is 3. The average molecular weight is 480 g/mol. The van der Waals surface area contributed by atoms with E-state index >= 15 is 0 Å². The third-order valence-electron chi connectivity index (χ3n) is 5.55. The van der Waals surface area contributed by atoms with Gasteiger partial charge in [0.1, 0.15) is 6.73 Å². The van der Waals surface area contributed by atoms with Gasteiger partial charge in [-0.05, 0) is 67.4 Å². The Kier molecular flexibility index (Phi) is 6.67. The maximum absolute atomic E-state index is 12.9. The first kappa shape index (κ1) is 23.5. The molecule has 8 nitrogen and oxygen atoms in total. The van der Waals surface area contributed by atoms with Crippen LogP contribution in [-0.4, -0.2) is 39.3 Å². The van der Waals surface area contributed by atoms with E-state index in [-0.39, 0.29) is 30.9 Å². The second kappa shape index (κ2) is 9.66. The number of ether oxygens (including phenoxy) is 1. The van der Waals surface area contributed by atoms with Gasteiger partial charge in [0.15, 0.2) is 0 Å². The van der Waals surface area contributed by atoms with Gasteiger partial charge < -0.3 is 15.4 Å². The Morgan fingerprint density at radius 2 is 1.65 bits per heavy atom. The Hall–Kier alpha value is -3.69. The zero-order valence-corrected chi connectivity index (χ0v) is 19.7. The van der Waals surface area contributed by atoms with Gasteiger partial charge in [0.2, 0.25) is 10.0 Å². The van der Waals surface area contributed by atoms with Crippen molar-refractivity contribution in [1.29, 1.82) is 0 Å². The molecule has 4 rings (SSSR count). The van der Waals surface area contributed by atoms with Crippen LogP contribution >= 0.6 is 0 Å². The van der Waals surface area contributed by atoms with Gasteiger partial charge >= 0.3 is 0 Å². The Morgan fingerprint density at radius 3 is 2.35 bits per heavy atom. The van der Waals surface area contributed by atoms with E-state index in [2.05, 4.69) is 10.6 Å². The number of rotatable bonds is 5. The molecule has 0 bridgehead atoms. The van der Waals surface area contributed by atoms with Crippen molar-refractivity contribution < 1.29 is 22.7 Å². The number of hydrogen-bond donors (Lipinski definition) is 2. The predicted octanol–water partition coefficient (Wildman–Crippen LogP) is 3.93. The molecule has 3 aromatic carbocycles. The predicted molar refractivity (Wildman–Crippen MR) is 132 cm³/mol. The number of carbonyl (C=O) groups excluding carboxylic acids is 2. The lowest BCUT2D eigenvalue weighted by atomic mass is 10.1. The normalized spacial score (nSPS) is 14.9. The summed E-state index contributed by atoms with van der Waals surface area (Å²) in [7, 11) is -3.44. The third kappa shape index (κ3) is 5.11. The molecular weight excluding hydrogens is 454 g/mol. The molecule has 34 heavy (non-hydrogen) atoms. The molecule has 3 aromatic rings. The molecule has 0 saturated carbocycles. The quantitative estimate of drug-likeness (QED) is 0.577. The summed E-state index contributed by atoms with van der Waals surface area (Å²) in [6.07, 6.45) is 0. The molecule has 1 fully saturated rings. The zero-order chi connectivity index (χ0) is 24.3. The molecule has 9 heteroatoms. The summed E-state index contributed by atoms with van der Waals surface area (Å²) in [5.74, 6) is -0.661. The Bertz CT molecular complexity index is 1340. The Labute approximate surface area is 198 Å². The maximum Gasteiger partial charge on any atom is 0.255 e.